The van der Waals surface area contributed by atoms with E-state index in [-0.39, 0.29) is 5.78 Å². The molecule has 0 aromatic carbocycles. The molecular weight excluding hydrogens is 258 g/mol. The zero-order chi connectivity index (χ0) is 16.3. The second kappa shape index (κ2) is 11.2. The Bertz CT molecular complexity index is 245. The summed E-state index contributed by atoms with van der Waals surface area (Å²) >= 11 is 0. The van der Waals surface area contributed by atoms with E-state index in [2.05, 4.69) is 0 Å². The topological polar surface area (TPSA) is 43.1 Å². The minimum atomic E-state index is -0.499. The average molecular weight is 298 g/mol. The number of ketones is 1. The van der Waals surface area contributed by atoms with Crippen LogP contribution < -0.4 is 5.73 Å². The summed E-state index contributed by atoms with van der Waals surface area (Å²) in [5.74, 6) is 1.16. The molecule has 0 radical (unpaired) electrons. The molecule has 2 saturated carbocycles. The van der Waals surface area contributed by atoms with Crippen LogP contribution in [-0.2, 0) is 4.79 Å². The molecule has 0 amide bonds. The summed E-state index contributed by atoms with van der Waals surface area (Å²) in [6, 6.07) is 0. The summed E-state index contributed by atoms with van der Waals surface area (Å²) < 4.78 is 0. The molecule has 0 bridgehead atoms. The number of carbonyl (C=O) groups is 1. The maximum atomic E-state index is 12.1. The zero-order valence-corrected chi connectivity index (χ0v) is 15.2. The van der Waals surface area contributed by atoms with Crippen LogP contribution in [0.15, 0.2) is 0 Å². The Kier molecular flexibility index (Phi) is 11.0. The molecule has 2 heteroatoms. The van der Waals surface area contributed by atoms with E-state index in [0.717, 1.165) is 0 Å². The van der Waals surface area contributed by atoms with Gasteiger partial charge in [0.1, 0.15) is 5.78 Å². The predicted octanol–water partition coefficient (Wildman–Crippen LogP) is 5.49. The van der Waals surface area contributed by atoms with Crippen molar-refractivity contribution in [3.05, 3.63) is 0 Å². The molecule has 126 valence electrons. The summed E-state index contributed by atoms with van der Waals surface area (Å²) in [5.41, 5.74) is 6.14. The van der Waals surface area contributed by atoms with Crippen molar-refractivity contribution in [1.29, 1.82) is 0 Å². The molecule has 2 aliphatic rings. The van der Waals surface area contributed by atoms with E-state index in [0.29, 0.717) is 11.8 Å². The van der Waals surface area contributed by atoms with Gasteiger partial charge in [0, 0.05) is 0 Å². The van der Waals surface area contributed by atoms with Gasteiger partial charge in [0.2, 0.25) is 0 Å². The van der Waals surface area contributed by atoms with E-state index in [4.69, 9.17) is 5.73 Å². The quantitative estimate of drug-likeness (QED) is 0.749. The maximum Gasteiger partial charge on any atom is 0.150 e. The van der Waals surface area contributed by atoms with Crippen molar-refractivity contribution in [3.8, 4) is 0 Å². The highest BCUT2D eigenvalue weighted by molar-refractivity contribution is 5.86. The first kappa shape index (κ1) is 20.6. The number of nitrogens with two attached hydrogens (primary N) is 1. The fraction of sp³-hybridized carbons (Fsp3) is 0.947. The van der Waals surface area contributed by atoms with E-state index < -0.39 is 5.54 Å². The monoisotopic (exact) mass is 297 g/mol. The molecule has 2 aliphatic carbocycles. The highest BCUT2D eigenvalue weighted by Gasteiger charge is 2.45. The van der Waals surface area contributed by atoms with Crippen LogP contribution in [0.3, 0.4) is 0 Å². The van der Waals surface area contributed by atoms with Gasteiger partial charge < -0.3 is 5.73 Å². The normalized spacial score (nSPS) is 20.7. The van der Waals surface area contributed by atoms with E-state index in [9.17, 15) is 4.79 Å². The van der Waals surface area contributed by atoms with Gasteiger partial charge >= 0.3 is 0 Å². The standard InChI is InChI=1S/C15H27NO.2C2H6/c1-12(17)15(16,13-8-4-2-5-9-13)14-10-6-3-7-11-14;2*1-2/h13-14H,2-11,16H2,1H3;2*1-2H3. The van der Waals surface area contributed by atoms with Gasteiger partial charge in [-0.25, -0.2) is 0 Å². The highest BCUT2D eigenvalue weighted by atomic mass is 16.1. The summed E-state index contributed by atoms with van der Waals surface area (Å²) in [4.78, 5) is 12.1. The summed E-state index contributed by atoms with van der Waals surface area (Å²) in [5, 5.41) is 0. The fourth-order valence-electron chi connectivity index (χ4n) is 4.07. The van der Waals surface area contributed by atoms with Gasteiger partial charge in [-0.1, -0.05) is 66.2 Å². The molecule has 21 heavy (non-hydrogen) atoms. The summed E-state index contributed by atoms with van der Waals surface area (Å²) in [6.07, 6.45) is 12.4. The second-order valence-corrected chi connectivity index (χ2v) is 6.16. The van der Waals surface area contributed by atoms with Crippen LogP contribution in [0, 0.1) is 11.8 Å². The SMILES string of the molecule is CC.CC.CC(=O)C(N)(C1CCCCC1)C1CCCCC1. The molecule has 0 atom stereocenters. The minimum absolute atomic E-state index is 0.247. The summed E-state index contributed by atoms with van der Waals surface area (Å²) in [6.45, 7) is 9.73. The summed E-state index contributed by atoms with van der Waals surface area (Å²) in [7, 11) is 0. The zero-order valence-electron chi connectivity index (χ0n) is 15.2. The molecule has 0 aromatic rings. The van der Waals surface area contributed by atoms with Crippen molar-refractivity contribution < 1.29 is 4.79 Å². The predicted molar refractivity (Wildman–Crippen MR) is 93.4 cm³/mol. The molecule has 0 aromatic heterocycles. The van der Waals surface area contributed by atoms with E-state index in [1.807, 2.05) is 27.7 Å². The Balaban J connectivity index is 0.000000921. The number of hydrogen-bond donors (Lipinski definition) is 1. The molecule has 2 rings (SSSR count). The number of carbonyl (C=O) groups excluding carboxylic acids is 1. The van der Waals surface area contributed by atoms with Crippen LogP contribution in [-0.4, -0.2) is 11.3 Å². The molecule has 0 heterocycles. The molecule has 0 saturated heterocycles. The van der Waals surface area contributed by atoms with Crippen LogP contribution in [0.2, 0.25) is 0 Å². The van der Waals surface area contributed by atoms with Crippen LogP contribution in [0.1, 0.15) is 98.8 Å². The molecular formula is C19H39NO. The van der Waals surface area contributed by atoms with Crippen molar-refractivity contribution in [1.82, 2.24) is 0 Å². The molecule has 2 N–H and O–H groups in total. The third-order valence-electron chi connectivity index (χ3n) is 5.17. The smallest absolute Gasteiger partial charge is 0.150 e. The highest BCUT2D eigenvalue weighted by Crippen LogP contribution is 2.41. The minimum Gasteiger partial charge on any atom is -0.319 e. The first-order chi connectivity index (χ1) is 10.2. The van der Waals surface area contributed by atoms with Gasteiger partial charge in [-0.05, 0) is 44.4 Å². The van der Waals surface area contributed by atoms with E-state index >= 15 is 0 Å². The molecule has 0 spiro atoms. The van der Waals surface area contributed by atoms with Crippen molar-refractivity contribution in [2.45, 2.75) is 104 Å². The van der Waals surface area contributed by atoms with Gasteiger partial charge in [0.05, 0.1) is 5.54 Å². The number of Topliss-reactive ketones (excluding diaryl/α,β-unsaturated/α-hetero) is 1. The lowest BCUT2D eigenvalue weighted by Crippen LogP contribution is -2.59. The van der Waals surface area contributed by atoms with Crippen LogP contribution >= 0.6 is 0 Å². The lowest BCUT2D eigenvalue weighted by atomic mass is 9.63. The lowest BCUT2D eigenvalue weighted by molar-refractivity contribution is -0.127. The second-order valence-electron chi connectivity index (χ2n) is 6.16. The Morgan fingerprint density at radius 1 is 0.762 bits per heavy atom. The van der Waals surface area contributed by atoms with Gasteiger partial charge in [-0.15, -0.1) is 0 Å². The van der Waals surface area contributed by atoms with Crippen LogP contribution in [0.5, 0.6) is 0 Å². The van der Waals surface area contributed by atoms with Crippen LogP contribution in [0.25, 0.3) is 0 Å². The van der Waals surface area contributed by atoms with Gasteiger partial charge in [-0.3, -0.25) is 4.79 Å². The third-order valence-corrected chi connectivity index (χ3v) is 5.17. The first-order valence-electron chi connectivity index (χ1n) is 9.45. The lowest BCUT2D eigenvalue weighted by Gasteiger charge is -2.45. The van der Waals surface area contributed by atoms with Crippen molar-refractivity contribution in [3.63, 3.8) is 0 Å². The Morgan fingerprint density at radius 3 is 1.29 bits per heavy atom. The number of hydrogen-bond acceptors (Lipinski definition) is 2. The first-order valence-corrected chi connectivity index (χ1v) is 9.45. The van der Waals surface area contributed by atoms with Crippen molar-refractivity contribution in [2.24, 2.45) is 17.6 Å². The Labute approximate surface area is 133 Å². The third kappa shape index (κ3) is 5.39. The molecule has 0 aliphatic heterocycles. The van der Waals surface area contributed by atoms with E-state index in [1.54, 1.807) is 6.92 Å². The Hall–Kier alpha value is -0.370. The molecule has 0 unspecified atom stereocenters. The maximum absolute atomic E-state index is 12.1. The van der Waals surface area contributed by atoms with E-state index in [1.165, 1.54) is 64.2 Å². The molecule has 2 nitrogen and oxygen atoms in total. The number of rotatable bonds is 3. The van der Waals surface area contributed by atoms with Gasteiger partial charge in [0.15, 0.2) is 0 Å². The van der Waals surface area contributed by atoms with Gasteiger partial charge in [-0.2, -0.15) is 0 Å². The van der Waals surface area contributed by atoms with Crippen molar-refractivity contribution in [2.75, 3.05) is 0 Å². The molecule has 2 fully saturated rings. The van der Waals surface area contributed by atoms with Crippen LogP contribution in [0.4, 0.5) is 0 Å². The average Bonchev–Trinajstić information content (AvgIpc) is 2.59. The van der Waals surface area contributed by atoms with Gasteiger partial charge in [0.25, 0.3) is 0 Å². The largest absolute Gasteiger partial charge is 0.319 e. The van der Waals surface area contributed by atoms with Crippen molar-refractivity contribution >= 4 is 5.78 Å². The Morgan fingerprint density at radius 2 is 1.05 bits per heavy atom. The fourth-order valence-corrected chi connectivity index (χ4v) is 4.07.